The standard InChI is InChI=1S/C15H22N4/c1-10-5-12(3)13(6-11(10)2)8-19(4)9-14-7-15(16)18-17-14/h5-7H,8-9H2,1-4H3,(H3,16,17,18). The molecule has 0 spiro atoms. The Morgan fingerprint density at radius 1 is 1.05 bits per heavy atom. The SMILES string of the molecule is Cc1cc(C)c(CN(C)Cc2cc(N)n[nH]2)cc1C. The van der Waals surface area contributed by atoms with E-state index in [1.54, 1.807) is 0 Å². The van der Waals surface area contributed by atoms with Gasteiger partial charge in [0.05, 0.1) is 5.69 Å². The van der Waals surface area contributed by atoms with Gasteiger partial charge in [-0.15, -0.1) is 0 Å². The molecule has 0 unspecified atom stereocenters. The summed E-state index contributed by atoms with van der Waals surface area (Å²) in [5.41, 5.74) is 12.1. The third-order valence-corrected chi connectivity index (χ3v) is 3.48. The van der Waals surface area contributed by atoms with E-state index in [0.29, 0.717) is 5.82 Å². The highest BCUT2D eigenvalue weighted by Crippen LogP contribution is 2.17. The Bertz CT molecular complexity index is 572. The Morgan fingerprint density at radius 2 is 1.74 bits per heavy atom. The monoisotopic (exact) mass is 258 g/mol. The zero-order chi connectivity index (χ0) is 14.0. The minimum absolute atomic E-state index is 0.547. The van der Waals surface area contributed by atoms with Gasteiger partial charge < -0.3 is 5.73 Å². The van der Waals surface area contributed by atoms with Crippen LogP contribution in [0.3, 0.4) is 0 Å². The quantitative estimate of drug-likeness (QED) is 0.886. The molecule has 0 saturated carbocycles. The molecule has 2 aromatic rings. The van der Waals surface area contributed by atoms with Gasteiger partial charge in [0.15, 0.2) is 0 Å². The van der Waals surface area contributed by atoms with Crippen LogP contribution in [0.25, 0.3) is 0 Å². The first-order valence-corrected chi connectivity index (χ1v) is 6.50. The van der Waals surface area contributed by atoms with Gasteiger partial charge in [-0.3, -0.25) is 10.00 Å². The summed E-state index contributed by atoms with van der Waals surface area (Å²) in [4.78, 5) is 2.25. The Morgan fingerprint density at radius 3 is 2.37 bits per heavy atom. The molecule has 1 aromatic heterocycles. The summed E-state index contributed by atoms with van der Waals surface area (Å²) < 4.78 is 0. The van der Waals surface area contributed by atoms with Crippen LogP contribution in [0.15, 0.2) is 18.2 Å². The second-order valence-electron chi connectivity index (χ2n) is 5.35. The number of aromatic amines is 1. The van der Waals surface area contributed by atoms with Crippen molar-refractivity contribution in [2.24, 2.45) is 0 Å². The van der Waals surface area contributed by atoms with Crippen LogP contribution in [0.1, 0.15) is 27.9 Å². The predicted octanol–water partition coefficient (Wildman–Crippen LogP) is 2.55. The molecule has 0 atom stereocenters. The summed E-state index contributed by atoms with van der Waals surface area (Å²) in [5, 5.41) is 6.89. The molecule has 0 aliphatic carbocycles. The molecule has 0 fully saturated rings. The predicted molar refractivity (Wildman–Crippen MR) is 78.8 cm³/mol. The van der Waals surface area contributed by atoms with Crippen LogP contribution in [0.2, 0.25) is 0 Å². The zero-order valence-corrected chi connectivity index (χ0v) is 12.1. The van der Waals surface area contributed by atoms with Gasteiger partial charge in [-0.25, -0.2) is 0 Å². The summed E-state index contributed by atoms with van der Waals surface area (Å²) in [6, 6.07) is 6.42. The first-order chi connectivity index (χ1) is 8.95. The van der Waals surface area contributed by atoms with E-state index in [1.807, 2.05) is 6.07 Å². The minimum Gasteiger partial charge on any atom is -0.382 e. The van der Waals surface area contributed by atoms with E-state index in [-0.39, 0.29) is 0 Å². The van der Waals surface area contributed by atoms with Crippen molar-refractivity contribution in [2.45, 2.75) is 33.9 Å². The molecule has 102 valence electrons. The van der Waals surface area contributed by atoms with Gasteiger partial charge >= 0.3 is 0 Å². The highest BCUT2D eigenvalue weighted by atomic mass is 15.2. The van der Waals surface area contributed by atoms with Crippen LogP contribution >= 0.6 is 0 Å². The molecule has 4 heteroatoms. The Kier molecular flexibility index (Phi) is 3.90. The van der Waals surface area contributed by atoms with Gasteiger partial charge in [0.1, 0.15) is 5.82 Å². The maximum Gasteiger partial charge on any atom is 0.145 e. The molecule has 0 radical (unpaired) electrons. The fourth-order valence-corrected chi connectivity index (χ4v) is 2.29. The minimum atomic E-state index is 0.547. The summed E-state index contributed by atoms with van der Waals surface area (Å²) in [6.45, 7) is 8.23. The van der Waals surface area contributed by atoms with Crippen LogP contribution in [0.4, 0.5) is 5.82 Å². The highest BCUT2D eigenvalue weighted by molar-refractivity contribution is 5.36. The van der Waals surface area contributed by atoms with E-state index in [4.69, 9.17) is 5.73 Å². The number of aromatic nitrogens is 2. The van der Waals surface area contributed by atoms with Crippen molar-refractivity contribution in [3.63, 3.8) is 0 Å². The lowest BCUT2D eigenvalue weighted by Crippen LogP contribution is -2.18. The van der Waals surface area contributed by atoms with E-state index >= 15 is 0 Å². The molecule has 0 amide bonds. The van der Waals surface area contributed by atoms with Crippen LogP contribution in [-0.4, -0.2) is 22.1 Å². The Balaban J connectivity index is 2.06. The van der Waals surface area contributed by atoms with Gasteiger partial charge in [0, 0.05) is 19.2 Å². The molecular weight excluding hydrogens is 236 g/mol. The number of rotatable bonds is 4. The molecule has 0 saturated heterocycles. The van der Waals surface area contributed by atoms with Crippen molar-refractivity contribution in [1.29, 1.82) is 0 Å². The largest absolute Gasteiger partial charge is 0.382 e. The van der Waals surface area contributed by atoms with E-state index in [0.717, 1.165) is 18.8 Å². The number of hydrogen-bond acceptors (Lipinski definition) is 3. The fourth-order valence-electron chi connectivity index (χ4n) is 2.29. The maximum absolute atomic E-state index is 5.61. The third-order valence-electron chi connectivity index (χ3n) is 3.48. The molecular formula is C15H22N4. The summed E-state index contributed by atoms with van der Waals surface area (Å²) in [6.07, 6.45) is 0. The van der Waals surface area contributed by atoms with Gasteiger partial charge in [-0.05, 0) is 50.1 Å². The van der Waals surface area contributed by atoms with Crippen LogP contribution < -0.4 is 5.73 Å². The number of hydrogen-bond donors (Lipinski definition) is 2. The number of H-pyrrole nitrogens is 1. The van der Waals surface area contributed by atoms with Crippen molar-refractivity contribution in [2.75, 3.05) is 12.8 Å². The van der Waals surface area contributed by atoms with E-state index in [9.17, 15) is 0 Å². The molecule has 3 N–H and O–H groups in total. The van der Waals surface area contributed by atoms with Crippen LogP contribution in [-0.2, 0) is 13.1 Å². The topological polar surface area (TPSA) is 57.9 Å². The molecule has 19 heavy (non-hydrogen) atoms. The maximum atomic E-state index is 5.61. The molecule has 1 aromatic carbocycles. The van der Waals surface area contributed by atoms with E-state index < -0.39 is 0 Å². The normalized spacial score (nSPS) is 11.2. The van der Waals surface area contributed by atoms with E-state index in [1.165, 1.54) is 22.3 Å². The molecule has 2 rings (SSSR count). The van der Waals surface area contributed by atoms with E-state index in [2.05, 4.69) is 55.0 Å². The number of nitrogens with one attached hydrogen (secondary N) is 1. The number of nitrogens with zero attached hydrogens (tertiary/aromatic N) is 2. The average Bonchev–Trinajstić information content (AvgIpc) is 2.71. The summed E-state index contributed by atoms with van der Waals surface area (Å²) in [7, 11) is 2.10. The molecule has 4 nitrogen and oxygen atoms in total. The van der Waals surface area contributed by atoms with Crippen molar-refractivity contribution < 1.29 is 0 Å². The van der Waals surface area contributed by atoms with Crippen molar-refractivity contribution >= 4 is 5.82 Å². The summed E-state index contributed by atoms with van der Waals surface area (Å²) in [5.74, 6) is 0.547. The molecule has 0 aliphatic rings. The lowest BCUT2D eigenvalue weighted by atomic mass is 10.0. The first kappa shape index (κ1) is 13.6. The molecule has 1 heterocycles. The Labute approximate surface area is 114 Å². The smallest absolute Gasteiger partial charge is 0.145 e. The summed E-state index contributed by atoms with van der Waals surface area (Å²) >= 11 is 0. The van der Waals surface area contributed by atoms with Gasteiger partial charge in [0.25, 0.3) is 0 Å². The number of nitrogens with two attached hydrogens (primary N) is 1. The number of benzene rings is 1. The fraction of sp³-hybridized carbons (Fsp3) is 0.400. The third kappa shape index (κ3) is 3.35. The molecule has 0 aliphatic heterocycles. The Hall–Kier alpha value is -1.81. The first-order valence-electron chi connectivity index (χ1n) is 6.50. The average molecular weight is 258 g/mol. The number of nitrogen functional groups attached to an aromatic ring is 1. The lowest BCUT2D eigenvalue weighted by Gasteiger charge is -2.18. The zero-order valence-electron chi connectivity index (χ0n) is 12.1. The number of anilines is 1. The second kappa shape index (κ2) is 5.45. The van der Waals surface area contributed by atoms with Crippen molar-refractivity contribution in [3.8, 4) is 0 Å². The van der Waals surface area contributed by atoms with Gasteiger partial charge in [-0.2, -0.15) is 5.10 Å². The van der Waals surface area contributed by atoms with Crippen molar-refractivity contribution in [1.82, 2.24) is 15.1 Å². The van der Waals surface area contributed by atoms with Gasteiger partial charge in [-0.1, -0.05) is 12.1 Å². The highest BCUT2D eigenvalue weighted by Gasteiger charge is 2.07. The van der Waals surface area contributed by atoms with Crippen LogP contribution in [0, 0.1) is 20.8 Å². The second-order valence-corrected chi connectivity index (χ2v) is 5.35. The van der Waals surface area contributed by atoms with Crippen LogP contribution in [0.5, 0.6) is 0 Å². The van der Waals surface area contributed by atoms with Gasteiger partial charge in [0.2, 0.25) is 0 Å². The molecule has 0 bridgehead atoms. The lowest BCUT2D eigenvalue weighted by molar-refractivity contribution is 0.314. The van der Waals surface area contributed by atoms with Crippen molar-refractivity contribution in [3.05, 3.63) is 46.1 Å². The number of aryl methyl sites for hydroxylation is 3.